The molecule has 4 nitrogen and oxygen atoms in total. The molecular weight excluding hydrogens is 481 g/mol. The average Bonchev–Trinajstić information content (AvgIpc) is 3.40. The maximum atomic E-state index is 14.5. The van der Waals surface area contributed by atoms with Crippen LogP contribution in [0.15, 0.2) is 59.5 Å². The molecule has 2 aromatic carbocycles. The highest BCUT2D eigenvalue weighted by atomic mass is 19.4. The molecule has 0 radical (unpaired) electrons. The van der Waals surface area contributed by atoms with Crippen molar-refractivity contribution in [3.05, 3.63) is 89.0 Å². The number of hydrogen-bond donors (Lipinski definition) is 1. The molecule has 2 heterocycles. The molecule has 0 aliphatic carbocycles. The number of fused-ring (bicyclic) bond motifs is 1. The van der Waals surface area contributed by atoms with Gasteiger partial charge in [0.05, 0.1) is 0 Å². The zero-order valence-corrected chi connectivity index (χ0v) is 18.6. The van der Waals surface area contributed by atoms with Crippen LogP contribution in [-0.2, 0) is 11.1 Å². The number of aliphatic hydroxyl groups is 1. The Labute approximate surface area is 194 Å². The number of hydrogen-bond acceptors (Lipinski definition) is 3. The molecule has 1 atom stereocenters. The first kappa shape index (κ1) is 24.8. The topological polar surface area (TPSA) is 51.2 Å². The first-order chi connectivity index (χ1) is 16.1. The van der Waals surface area contributed by atoms with Crippen molar-refractivity contribution in [1.82, 2.24) is 9.55 Å². The standard InChI is InChI=1S/C24H19F7N2O2/c1-13-9-15-10-16(22(34,23(26,27)28)24(29,30)31)7-8-19(15)33(13)21(3,20-11-35-12-32-20)17-5-4-6-18(25)14(17)2/h4-12,34H,1-3H3. The number of nitrogens with zero attached hydrogens (tertiary/aromatic N) is 2. The van der Waals surface area contributed by atoms with Gasteiger partial charge < -0.3 is 14.1 Å². The van der Waals surface area contributed by atoms with Crippen molar-refractivity contribution in [2.75, 3.05) is 0 Å². The molecule has 4 aromatic rings. The molecule has 0 spiro atoms. The van der Waals surface area contributed by atoms with E-state index >= 15 is 0 Å². The molecule has 2 aromatic heterocycles. The molecule has 0 fully saturated rings. The lowest BCUT2D eigenvalue weighted by Gasteiger charge is -2.34. The Morgan fingerprint density at radius 2 is 1.60 bits per heavy atom. The van der Waals surface area contributed by atoms with Gasteiger partial charge in [-0.2, -0.15) is 26.3 Å². The summed E-state index contributed by atoms with van der Waals surface area (Å²) in [5.74, 6) is -0.506. The molecule has 1 unspecified atom stereocenters. The van der Waals surface area contributed by atoms with Crippen molar-refractivity contribution in [3.63, 3.8) is 0 Å². The molecule has 0 aliphatic heterocycles. The Kier molecular flexibility index (Phi) is 5.55. The van der Waals surface area contributed by atoms with Crippen LogP contribution >= 0.6 is 0 Å². The van der Waals surface area contributed by atoms with Gasteiger partial charge in [0.15, 0.2) is 6.39 Å². The molecule has 11 heteroatoms. The van der Waals surface area contributed by atoms with Crippen LogP contribution in [0.1, 0.15) is 35.0 Å². The van der Waals surface area contributed by atoms with Gasteiger partial charge in [-0.25, -0.2) is 9.37 Å². The molecule has 186 valence electrons. The summed E-state index contributed by atoms with van der Waals surface area (Å²) in [5, 5.41) is 9.84. The van der Waals surface area contributed by atoms with Crippen LogP contribution in [0.3, 0.4) is 0 Å². The summed E-state index contributed by atoms with van der Waals surface area (Å²) in [6.07, 6.45) is -9.53. The van der Waals surface area contributed by atoms with E-state index in [0.29, 0.717) is 29.1 Å². The Hall–Kier alpha value is -3.34. The van der Waals surface area contributed by atoms with Crippen LogP contribution in [0.5, 0.6) is 0 Å². The lowest BCUT2D eigenvalue weighted by molar-refractivity contribution is -0.376. The largest absolute Gasteiger partial charge is 0.451 e. The highest BCUT2D eigenvalue weighted by Crippen LogP contribution is 2.51. The van der Waals surface area contributed by atoms with Gasteiger partial charge in [-0.1, -0.05) is 18.2 Å². The zero-order chi connectivity index (χ0) is 26.0. The molecule has 0 bridgehead atoms. The van der Waals surface area contributed by atoms with E-state index in [0.717, 1.165) is 12.5 Å². The molecule has 0 saturated heterocycles. The van der Waals surface area contributed by atoms with Gasteiger partial charge in [-0.05, 0) is 56.2 Å². The van der Waals surface area contributed by atoms with Crippen molar-refractivity contribution < 1.29 is 40.3 Å². The van der Waals surface area contributed by atoms with Crippen LogP contribution in [0.2, 0.25) is 0 Å². The number of alkyl halides is 6. The third-order valence-corrected chi connectivity index (χ3v) is 6.39. The molecule has 0 amide bonds. The van der Waals surface area contributed by atoms with E-state index in [1.807, 2.05) is 0 Å². The lowest BCUT2D eigenvalue weighted by Crippen LogP contribution is -2.53. The maximum Gasteiger partial charge on any atom is 0.430 e. The van der Waals surface area contributed by atoms with Crippen LogP contribution in [0.4, 0.5) is 30.7 Å². The van der Waals surface area contributed by atoms with Gasteiger partial charge in [0.2, 0.25) is 0 Å². The summed E-state index contributed by atoms with van der Waals surface area (Å²) in [6.45, 7) is 4.84. The fourth-order valence-electron chi connectivity index (χ4n) is 4.62. The average molecular weight is 500 g/mol. The number of oxazole rings is 1. The molecule has 1 N–H and O–H groups in total. The van der Waals surface area contributed by atoms with Crippen LogP contribution < -0.4 is 0 Å². The minimum Gasteiger partial charge on any atom is -0.451 e. The van der Waals surface area contributed by atoms with Gasteiger partial charge >= 0.3 is 12.4 Å². The lowest BCUT2D eigenvalue weighted by atomic mass is 9.85. The second-order valence-corrected chi connectivity index (χ2v) is 8.46. The highest BCUT2D eigenvalue weighted by Gasteiger charge is 2.71. The fourth-order valence-corrected chi connectivity index (χ4v) is 4.62. The van der Waals surface area contributed by atoms with E-state index in [4.69, 9.17) is 4.42 Å². The predicted molar refractivity (Wildman–Crippen MR) is 112 cm³/mol. The Morgan fingerprint density at radius 1 is 0.943 bits per heavy atom. The van der Waals surface area contributed by atoms with E-state index in [-0.39, 0.29) is 16.5 Å². The number of aromatic nitrogens is 2. The summed E-state index contributed by atoms with van der Waals surface area (Å²) in [4.78, 5) is 4.21. The summed E-state index contributed by atoms with van der Waals surface area (Å²) >= 11 is 0. The van der Waals surface area contributed by atoms with Crippen LogP contribution in [-0.4, -0.2) is 27.0 Å². The van der Waals surface area contributed by atoms with Gasteiger partial charge in [-0.3, -0.25) is 0 Å². The maximum absolute atomic E-state index is 14.5. The summed E-state index contributed by atoms with van der Waals surface area (Å²) in [6, 6.07) is 8.10. The third kappa shape index (κ3) is 3.51. The molecular formula is C24H19F7N2O2. The van der Waals surface area contributed by atoms with E-state index in [1.165, 1.54) is 24.5 Å². The number of benzene rings is 2. The number of aryl methyl sites for hydroxylation is 1. The van der Waals surface area contributed by atoms with Gasteiger partial charge in [0, 0.05) is 22.2 Å². The molecule has 0 aliphatic rings. The van der Waals surface area contributed by atoms with E-state index in [1.54, 1.807) is 31.4 Å². The van der Waals surface area contributed by atoms with Gasteiger partial charge in [0.25, 0.3) is 5.60 Å². The summed E-state index contributed by atoms with van der Waals surface area (Å²) in [5.41, 5.74) is -5.93. The minimum atomic E-state index is -6.01. The Bertz CT molecular complexity index is 1370. The van der Waals surface area contributed by atoms with Crippen molar-refractivity contribution in [1.29, 1.82) is 0 Å². The summed E-state index contributed by atoms with van der Waals surface area (Å²) in [7, 11) is 0. The first-order valence-electron chi connectivity index (χ1n) is 10.3. The fraction of sp³-hybridized carbons (Fsp3) is 0.292. The van der Waals surface area contributed by atoms with Crippen molar-refractivity contribution in [2.45, 2.75) is 44.3 Å². The van der Waals surface area contributed by atoms with E-state index in [9.17, 15) is 35.8 Å². The second kappa shape index (κ2) is 7.84. The van der Waals surface area contributed by atoms with Crippen LogP contribution in [0.25, 0.3) is 10.9 Å². The predicted octanol–water partition coefficient (Wildman–Crippen LogP) is 6.51. The van der Waals surface area contributed by atoms with Crippen molar-refractivity contribution in [3.8, 4) is 0 Å². The monoisotopic (exact) mass is 500 g/mol. The van der Waals surface area contributed by atoms with E-state index < -0.39 is 34.9 Å². The summed E-state index contributed by atoms with van der Waals surface area (Å²) < 4.78 is 102. The van der Waals surface area contributed by atoms with Crippen LogP contribution in [0, 0.1) is 19.7 Å². The van der Waals surface area contributed by atoms with Crippen molar-refractivity contribution >= 4 is 10.9 Å². The smallest absolute Gasteiger partial charge is 0.430 e. The quantitative estimate of drug-likeness (QED) is 0.325. The van der Waals surface area contributed by atoms with Gasteiger partial charge in [0.1, 0.15) is 23.3 Å². The number of rotatable bonds is 4. The zero-order valence-electron chi connectivity index (χ0n) is 18.6. The number of halogens is 7. The minimum absolute atomic E-state index is 0.00991. The highest BCUT2D eigenvalue weighted by molar-refractivity contribution is 5.83. The SMILES string of the molecule is Cc1c(F)cccc1C(C)(c1cocn1)n1c(C)cc2cc(C(O)(C(F)(F)F)C(F)(F)F)ccc21. The Balaban J connectivity index is 2.03. The molecule has 4 rings (SSSR count). The third-order valence-electron chi connectivity index (χ3n) is 6.39. The van der Waals surface area contributed by atoms with Gasteiger partial charge in [-0.15, -0.1) is 0 Å². The van der Waals surface area contributed by atoms with E-state index in [2.05, 4.69) is 4.98 Å². The second-order valence-electron chi connectivity index (χ2n) is 8.46. The first-order valence-corrected chi connectivity index (χ1v) is 10.3. The van der Waals surface area contributed by atoms with Crippen molar-refractivity contribution in [2.24, 2.45) is 0 Å². The normalized spacial score (nSPS) is 14.9. The molecule has 0 saturated carbocycles. The molecule has 35 heavy (non-hydrogen) atoms. The Morgan fingerprint density at radius 3 is 2.17 bits per heavy atom.